The molecule has 2 heterocycles. The zero-order valence-electron chi connectivity index (χ0n) is 15.4. The van der Waals surface area contributed by atoms with E-state index < -0.39 is 0 Å². The first-order chi connectivity index (χ1) is 13.1. The lowest BCUT2D eigenvalue weighted by Gasteiger charge is -2.23. The lowest BCUT2D eigenvalue weighted by molar-refractivity contribution is -0.384. The average molecular weight is 365 g/mol. The summed E-state index contributed by atoms with van der Waals surface area (Å²) in [7, 11) is 0. The molecular formula is C21H23N3O3. The number of allylic oxidation sites excluding steroid dienone is 5. The molecule has 0 N–H and O–H groups in total. The van der Waals surface area contributed by atoms with Gasteiger partial charge in [0.25, 0.3) is 5.69 Å². The topological polar surface area (TPSA) is 70.2 Å². The van der Waals surface area contributed by atoms with Crippen molar-refractivity contribution in [2.24, 2.45) is 5.92 Å². The maximum atomic E-state index is 11.2. The van der Waals surface area contributed by atoms with Crippen LogP contribution in [0.1, 0.15) is 44.5 Å². The Morgan fingerprint density at radius 3 is 2.93 bits per heavy atom. The largest absolute Gasteiger partial charge is 0.356 e. The maximum absolute atomic E-state index is 11.2. The SMILES string of the molecule is CC1C=CC(/C=C/c2nn(C3CCCCO3)c3cc([N+](=O)[O-])ccc23)=CC1. The fraction of sp³-hybridized carbons (Fsp3) is 0.381. The van der Waals surface area contributed by atoms with Crippen molar-refractivity contribution in [2.45, 2.75) is 38.8 Å². The van der Waals surface area contributed by atoms with Crippen molar-refractivity contribution in [3.05, 3.63) is 63.9 Å². The number of nitrogens with zero attached hydrogens (tertiary/aromatic N) is 3. The second-order valence-corrected chi connectivity index (χ2v) is 7.22. The summed E-state index contributed by atoms with van der Waals surface area (Å²) in [6.07, 6.45) is 14.4. The van der Waals surface area contributed by atoms with E-state index in [1.54, 1.807) is 12.1 Å². The van der Waals surface area contributed by atoms with Crippen molar-refractivity contribution < 1.29 is 9.66 Å². The normalized spacial score (nSPS) is 23.1. The summed E-state index contributed by atoms with van der Waals surface area (Å²) in [4.78, 5) is 10.8. The van der Waals surface area contributed by atoms with Gasteiger partial charge in [-0.15, -0.1) is 0 Å². The number of ether oxygens (including phenoxy) is 1. The van der Waals surface area contributed by atoms with Crippen LogP contribution in [0.15, 0.2) is 48.1 Å². The number of hydrogen-bond donors (Lipinski definition) is 0. The molecule has 2 atom stereocenters. The smallest absolute Gasteiger partial charge is 0.271 e. The Labute approximate surface area is 158 Å². The average Bonchev–Trinajstić information content (AvgIpc) is 3.06. The Morgan fingerprint density at radius 2 is 2.22 bits per heavy atom. The minimum absolute atomic E-state index is 0.0712. The van der Waals surface area contributed by atoms with E-state index in [4.69, 9.17) is 9.84 Å². The van der Waals surface area contributed by atoms with Crippen molar-refractivity contribution >= 4 is 22.7 Å². The highest BCUT2D eigenvalue weighted by Crippen LogP contribution is 2.31. The molecular weight excluding hydrogens is 342 g/mol. The Bertz CT molecular complexity index is 949. The van der Waals surface area contributed by atoms with Crippen molar-refractivity contribution in [1.82, 2.24) is 9.78 Å². The zero-order valence-corrected chi connectivity index (χ0v) is 15.4. The Hall–Kier alpha value is -2.73. The molecule has 0 radical (unpaired) electrons. The number of non-ortho nitro benzene ring substituents is 1. The van der Waals surface area contributed by atoms with Crippen LogP contribution in [0.3, 0.4) is 0 Å². The zero-order chi connectivity index (χ0) is 18.8. The van der Waals surface area contributed by atoms with Crippen molar-refractivity contribution in [3.8, 4) is 0 Å². The predicted octanol–water partition coefficient (Wildman–Crippen LogP) is 5.18. The molecule has 0 amide bonds. The number of fused-ring (bicyclic) bond motifs is 1. The molecule has 2 aliphatic rings. The van der Waals surface area contributed by atoms with Gasteiger partial charge in [-0.1, -0.05) is 31.2 Å². The lowest BCUT2D eigenvalue weighted by atomic mass is 9.98. The van der Waals surface area contributed by atoms with Gasteiger partial charge in [0.05, 0.1) is 16.1 Å². The van der Waals surface area contributed by atoms with E-state index in [0.717, 1.165) is 47.9 Å². The third kappa shape index (κ3) is 3.71. The summed E-state index contributed by atoms with van der Waals surface area (Å²) in [6, 6.07) is 4.92. The third-order valence-corrected chi connectivity index (χ3v) is 5.14. The first kappa shape index (κ1) is 17.7. The van der Waals surface area contributed by atoms with E-state index in [9.17, 15) is 10.1 Å². The summed E-state index contributed by atoms with van der Waals surface area (Å²) in [5.41, 5.74) is 2.79. The molecule has 1 aliphatic carbocycles. The van der Waals surface area contributed by atoms with Crippen molar-refractivity contribution in [2.75, 3.05) is 6.61 Å². The predicted molar refractivity (Wildman–Crippen MR) is 105 cm³/mol. The van der Waals surface area contributed by atoms with Crippen LogP contribution in [0.2, 0.25) is 0 Å². The first-order valence-electron chi connectivity index (χ1n) is 9.46. The van der Waals surface area contributed by atoms with Crippen LogP contribution in [0.4, 0.5) is 5.69 Å². The fourth-order valence-corrected chi connectivity index (χ4v) is 3.57. The molecule has 6 nitrogen and oxygen atoms in total. The third-order valence-electron chi connectivity index (χ3n) is 5.14. The number of hydrogen-bond acceptors (Lipinski definition) is 4. The quantitative estimate of drug-likeness (QED) is 0.553. The molecule has 1 fully saturated rings. The van der Waals surface area contributed by atoms with Gasteiger partial charge >= 0.3 is 0 Å². The number of aromatic nitrogens is 2. The van der Waals surface area contributed by atoms with Crippen molar-refractivity contribution in [3.63, 3.8) is 0 Å². The Morgan fingerprint density at radius 1 is 1.33 bits per heavy atom. The monoisotopic (exact) mass is 365 g/mol. The molecule has 1 saturated heterocycles. The highest BCUT2D eigenvalue weighted by atomic mass is 16.6. The molecule has 2 unspecified atom stereocenters. The second kappa shape index (κ2) is 7.48. The minimum atomic E-state index is -0.368. The van der Waals surface area contributed by atoms with E-state index in [-0.39, 0.29) is 16.8 Å². The Balaban J connectivity index is 1.74. The molecule has 4 rings (SSSR count). The number of nitro benzene ring substituents is 1. The highest BCUT2D eigenvalue weighted by molar-refractivity contribution is 5.89. The lowest BCUT2D eigenvalue weighted by Crippen LogP contribution is -2.19. The molecule has 27 heavy (non-hydrogen) atoms. The molecule has 2 aromatic rings. The van der Waals surface area contributed by atoms with Crippen LogP contribution in [-0.2, 0) is 4.74 Å². The molecule has 0 spiro atoms. The summed E-state index contributed by atoms with van der Waals surface area (Å²) in [5.74, 6) is 0.575. The maximum Gasteiger partial charge on any atom is 0.271 e. The van der Waals surface area contributed by atoms with E-state index in [1.807, 2.05) is 10.8 Å². The van der Waals surface area contributed by atoms with Crippen LogP contribution in [0, 0.1) is 16.0 Å². The molecule has 1 aromatic carbocycles. The molecule has 140 valence electrons. The van der Waals surface area contributed by atoms with E-state index >= 15 is 0 Å². The highest BCUT2D eigenvalue weighted by Gasteiger charge is 2.22. The minimum Gasteiger partial charge on any atom is -0.356 e. The summed E-state index contributed by atoms with van der Waals surface area (Å²) < 4.78 is 7.69. The second-order valence-electron chi connectivity index (χ2n) is 7.22. The van der Waals surface area contributed by atoms with Crippen LogP contribution < -0.4 is 0 Å². The van der Waals surface area contributed by atoms with Crippen LogP contribution >= 0.6 is 0 Å². The standard InChI is InChI=1S/C21H23N3O3/c1-15-5-7-16(8-6-15)9-12-19-18-11-10-17(24(25)26)14-20(18)23(22-19)21-4-2-3-13-27-21/h5,7-12,14-15,21H,2-4,6,13H2,1H3/b12-9+. The first-order valence-corrected chi connectivity index (χ1v) is 9.46. The number of rotatable bonds is 4. The van der Waals surface area contributed by atoms with Crippen LogP contribution in [0.25, 0.3) is 17.0 Å². The van der Waals surface area contributed by atoms with Crippen LogP contribution in [-0.4, -0.2) is 21.3 Å². The fourth-order valence-electron chi connectivity index (χ4n) is 3.57. The van der Waals surface area contributed by atoms with Crippen LogP contribution in [0.5, 0.6) is 0 Å². The van der Waals surface area contributed by atoms with Gasteiger partial charge in [-0.2, -0.15) is 5.10 Å². The summed E-state index contributed by atoms with van der Waals surface area (Å²) in [6.45, 7) is 2.89. The molecule has 1 aromatic heterocycles. The molecule has 0 bridgehead atoms. The van der Waals surface area contributed by atoms with Gasteiger partial charge < -0.3 is 4.74 Å². The molecule has 1 aliphatic heterocycles. The van der Waals surface area contributed by atoms with Gasteiger partial charge in [0.2, 0.25) is 0 Å². The van der Waals surface area contributed by atoms with Gasteiger partial charge in [0.1, 0.15) is 0 Å². The van der Waals surface area contributed by atoms with Gasteiger partial charge in [-0.3, -0.25) is 10.1 Å². The van der Waals surface area contributed by atoms with E-state index in [1.165, 1.54) is 6.07 Å². The van der Waals surface area contributed by atoms with Gasteiger partial charge in [-0.05, 0) is 49.3 Å². The van der Waals surface area contributed by atoms with Gasteiger partial charge in [-0.25, -0.2) is 4.68 Å². The number of benzene rings is 1. The molecule has 6 heteroatoms. The summed E-state index contributed by atoms with van der Waals surface area (Å²) >= 11 is 0. The summed E-state index contributed by atoms with van der Waals surface area (Å²) in [5, 5.41) is 16.9. The Kier molecular flexibility index (Phi) is 4.90. The van der Waals surface area contributed by atoms with E-state index in [2.05, 4.69) is 31.2 Å². The molecule has 0 saturated carbocycles. The van der Waals surface area contributed by atoms with Gasteiger partial charge in [0.15, 0.2) is 6.23 Å². The van der Waals surface area contributed by atoms with Gasteiger partial charge in [0, 0.05) is 24.1 Å². The number of nitro groups is 1. The van der Waals surface area contributed by atoms with Crippen molar-refractivity contribution in [1.29, 1.82) is 0 Å². The van der Waals surface area contributed by atoms with E-state index in [0.29, 0.717) is 12.5 Å².